The number of aromatic nitrogens is 4. The molecule has 0 atom stereocenters. The largest absolute Gasteiger partial charge is 0.476 e. The maximum absolute atomic E-state index is 11.8. The molecule has 0 saturated heterocycles. The monoisotopic (exact) mass is 299 g/mol. The number of para-hydroxylation sites is 1. The van der Waals surface area contributed by atoms with Gasteiger partial charge in [0.25, 0.3) is 0 Å². The van der Waals surface area contributed by atoms with E-state index in [1.54, 1.807) is 30.5 Å². The number of nitrogens with zero attached hydrogens (tertiary/aromatic N) is 3. The molecule has 8 nitrogen and oxygen atoms in total. The van der Waals surface area contributed by atoms with Crippen molar-refractivity contribution in [2.45, 2.75) is 13.0 Å². The van der Waals surface area contributed by atoms with Crippen molar-refractivity contribution in [1.82, 2.24) is 19.7 Å². The average Bonchev–Trinajstić information content (AvgIpc) is 3.12. The maximum Gasteiger partial charge on any atom is 0.357 e. The molecule has 0 spiro atoms. The molecule has 2 aromatic heterocycles. The van der Waals surface area contributed by atoms with E-state index in [1.165, 1.54) is 10.9 Å². The van der Waals surface area contributed by atoms with Crippen LogP contribution in [-0.4, -0.2) is 36.7 Å². The first-order chi connectivity index (χ1) is 10.6. The molecule has 3 aromatic rings. The number of benzene rings is 1. The third-order valence-electron chi connectivity index (χ3n) is 3.17. The molecule has 0 unspecified atom stereocenters. The first-order valence-corrected chi connectivity index (χ1v) is 6.63. The summed E-state index contributed by atoms with van der Waals surface area (Å²) in [5.41, 5.74) is 0.674. The second-order valence-corrected chi connectivity index (χ2v) is 4.63. The van der Waals surface area contributed by atoms with Crippen molar-refractivity contribution in [1.29, 1.82) is 0 Å². The van der Waals surface area contributed by atoms with Crippen LogP contribution in [0, 0.1) is 0 Å². The number of hydrogen-bond donors (Lipinski definition) is 3. The molecule has 112 valence electrons. The standard InChI is InChI=1S/C14H13N5O3/c20-11(17-14-15-6-7-16-14)5-8-19-10-4-2-1-3-9(10)12(18-19)13(21)22/h1-4,6-7H,5,8H2,(H,21,22)(H2,15,16,17,20). The number of rotatable bonds is 5. The lowest BCUT2D eigenvalue weighted by Crippen LogP contribution is -2.16. The fourth-order valence-corrected chi connectivity index (χ4v) is 2.19. The zero-order valence-corrected chi connectivity index (χ0v) is 11.5. The topological polar surface area (TPSA) is 113 Å². The number of carboxylic acids is 1. The van der Waals surface area contributed by atoms with E-state index in [-0.39, 0.29) is 24.6 Å². The van der Waals surface area contributed by atoms with Crippen molar-refractivity contribution in [3.8, 4) is 0 Å². The number of fused-ring (bicyclic) bond motifs is 1. The molecule has 8 heteroatoms. The first kappa shape index (κ1) is 13.8. The van der Waals surface area contributed by atoms with Gasteiger partial charge in [-0.15, -0.1) is 0 Å². The van der Waals surface area contributed by atoms with E-state index >= 15 is 0 Å². The fraction of sp³-hybridized carbons (Fsp3) is 0.143. The number of carbonyl (C=O) groups excluding carboxylic acids is 1. The number of carboxylic acid groups (broad SMARTS) is 1. The number of anilines is 1. The van der Waals surface area contributed by atoms with Gasteiger partial charge in [0.05, 0.1) is 12.1 Å². The number of amides is 1. The summed E-state index contributed by atoms with van der Waals surface area (Å²) in [5, 5.41) is 16.4. The van der Waals surface area contributed by atoms with E-state index in [0.717, 1.165) is 0 Å². The smallest absolute Gasteiger partial charge is 0.357 e. The second-order valence-electron chi connectivity index (χ2n) is 4.63. The Kier molecular flexibility index (Phi) is 3.57. The van der Waals surface area contributed by atoms with E-state index < -0.39 is 5.97 Å². The Morgan fingerprint density at radius 1 is 1.32 bits per heavy atom. The number of H-pyrrole nitrogens is 1. The van der Waals surface area contributed by atoms with Crippen molar-refractivity contribution in [2.24, 2.45) is 0 Å². The van der Waals surface area contributed by atoms with Crippen LogP contribution in [0.15, 0.2) is 36.7 Å². The van der Waals surface area contributed by atoms with Gasteiger partial charge in [-0.05, 0) is 6.07 Å². The summed E-state index contributed by atoms with van der Waals surface area (Å²) in [6, 6.07) is 7.03. The lowest BCUT2D eigenvalue weighted by atomic mass is 10.2. The predicted molar refractivity (Wildman–Crippen MR) is 78.5 cm³/mol. The number of imidazole rings is 1. The molecule has 0 bridgehead atoms. The molecule has 0 aliphatic carbocycles. The Bertz CT molecular complexity index is 822. The lowest BCUT2D eigenvalue weighted by molar-refractivity contribution is -0.116. The summed E-state index contributed by atoms with van der Waals surface area (Å²) < 4.78 is 1.53. The van der Waals surface area contributed by atoms with Gasteiger partial charge < -0.3 is 10.1 Å². The SMILES string of the molecule is O=C(CCn1nc(C(=O)O)c2ccccc21)Nc1ncc[nH]1. The second kappa shape index (κ2) is 5.68. The molecule has 1 amide bonds. The van der Waals surface area contributed by atoms with Crippen molar-refractivity contribution in [3.63, 3.8) is 0 Å². The Hall–Kier alpha value is -3.16. The van der Waals surface area contributed by atoms with E-state index in [1.807, 2.05) is 0 Å². The summed E-state index contributed by atoms with van der Waals surface area (Å²) in [7, 11) is 0. The molecule has 3 rings (SSSR count). The minimum absolute atomic E-state index is 0.0120. The molecule has 3 N–H and O–H groups in total. The summed E-state index contributed by atoms with van der Waals surface area (Å²) in [6.07, 6.45) is 3.30. The number of carbonyl (C=O) groups is 2. The van der Waals surface area contributed by atoms with Crippen LogP contribution in [0.25, 0.3) is 10.9 Å². The molecule has 22 heavy (non-hydrogen) atoms. The summed E-state index contributed by atoms with van der Waals surface area (Å²) >= 11 is 0. The van der Waals surface area contributed by atoms with Gasteiger partial charge in [0.2, 0.25) is 11.9 Å². The lowest BCUT2D eigenvalue weighted by Gasteiger charge is -2.03. The molecular formula is C14H13N5O3. The molecule has 0 aliphatic rings. The zero-order chi connectivity index (χ0) is 15.5. The Morgan fingerprint density at radius 2 is 2.14 bits per heavy atom. The van der Waals surface area contributed by atoms with Crippen molar-refractivity contribution < 1.29 is 14.7 Å². The van der Waals surface area contributed by atoms with E-state index in [4.69, 9.17) is 0 Å². The van der Waals surface area contributed by atoms with Gasteiger partial charge in [-0.1, -0.05) is 18.2 Å². The summed E-state index contributed by atoms with van der Waals surface area (Å²) in [5.74, 6) is -0.942. The third kappa shape index (κ3) is 2.66. The maximum atomic E-state index is 11.8. The fourth-order valence-electron chi connectivity index (χ4n) is 2.19. The predicted octanol–water partition coefficient (Wildman–Crippen LogP) is 1.49. The van der Waals surface area contributed by atoms with Crippen LogP contribution < -0.4 is 5.32 Å². The summed E-state index contributed by atoms with van der Waals surface area (Å²) in [6.45, 7) is 0.278. The molecular weight excluding hydrogens is 286 g/mol. The van der Waals surface area contributed by atoms with Gasteiger partial charge in [-0.25, -0.2) is 9.78 Å². The summed E-state index contributed by atoms with van der Waals surface area (Å²) in [4.78, 5) is 29.7. The Labute approximate surface area is 124 Å². The van der Waals surface area contributed by atoms with Gasteiger partial charge >= 0.3 is 5.97 Å². The highest BCUT2D eigenvalue weighted by molar-refractivity contribution is 6.01. The molecule has 0 aliphatic heterocycles. The Morgan fingerprint density at radius 3 is 2.86 bits per heavy atom. The van der Waals surface area contributed by atoms with Crippen LogP contribution in [0.2, 0.25) is 0 Å². The van der Waals surface area contributed by atoms with Crippen LogP contribution in [0.1, 0.15) is 16.9 Å². The minimum atomic E-state index is -1.09. The van der Waals surface area contributed by atoms with E-state index in [2.05, 4.69) is 20.4 Å². The van der Waals surface area contributed by atoms with Crippen molar-refractivity contribution in [3.05, 3.63) is 42.4 Å². The normalized spacial score (nSPS) is 10.7. The van der Waals surface area contributed by atoms with Gasteiger partial charge in [-0.3, -0.25) is 14.8 Å². The molecule has 1 aromatic carbocycles. The number of nitrogens with one attached hydrogen (secondary N) is 2. The van der Waals surface area contributed by atoms with E-state index in [0.29, 0.717) is 16.9 Å². The van der Waals surface area contributed by atoms with Crippen molar-refractivity contribution >= 4 is 28.7 Å². The number of aryl methyl sites for hydroxylation is 1. The number of aromatic amines is 1. The highest BCUT2D eigenvalue weighted by atomic mass is 16.4. The van der Waals surface area contributed by atoms with Crippen LogP contribution in [0.4, 0.5) is 5.95 Å². The van der Waals surface area contributed by atoms with Gasteiger partial charge in [0.15, 0.2) is 5.69 Å². The number of aromatic carboxylic acids is 1. The van der Waals surface area contributed by atoms with Crippen LogP contribution in [0.5, 0.6) is 0 Å². The van der Waals surface area contributed by atoms with E-state index in [9.17, 15) is 14.7 Å². The molecule has 0 fully saturated rings. The molecule has 0 saturated carbocycles. The van der Waals surface area contributed by atoms with Crippen LogP contribution in [-0.2, 0) is 11.3 Å². The number of hydrogen-bond acceptors (Lipinski definition) is 4. The van der Waals surface area contributed by atoms with Crippen molar-refractivity contribution in [2.75, 3.05) is 5.32 Å². The average molecular weight is 299 g/mol. The highest BCUT2D eigenvalue weighted by Gasteiger charge is 2.16. The highest BCUT2D eigenvalue weighted by Crippen LogP contribution is 2.18. The van der Waals surface area contributed by atoms with Gasteiger partial charge in [0, 0.05) is 24.2 Å². The zero-order valence-electron chi connectivity index (χ0n) is 11.5. The Balaban J connectivity index is 1.76. The van der Waals surface area contributed by atoms with Gasteiger partial charge in [-0.2, -0.15) is 5.10 Å². The van der Waals surface area contributed by atoms with Crippen LogP contribution in [0.3, 0.4) is 0 Å². The third-order valence-corrected chi connectivity index (χ3v) is 3.17. The quantitative estimate of drug-likeness (QED) is 0.660. The van der Waals surface area contributed by atoms with Gasteiger partial charge in [0.1, 0.15) is 0 Å². The molecule has 0 radical (unpaired) electrons. The first-order valence-electron chi connectivity index (χ1n) is 6.63. The molecule has 2 heterocycles. The van der Waals surface area contributed by atoms with Crippen LogP contribution >= 0.6 is 0 Å². The minimum Gasteiger partial charge on any atom is -0.476 e.